The van der Waals surface area contributed by atoms with E-state index in [1.807, 2.05) is 0 Å². The van der Waals surface area contributed by atoms with Crippen LogP contribution in [-0.2, 0) is 19.2 Å². The second-order valence-electron chi connectivity index (χ2n) is 7.47. The summed E-state index contributed by atoms with van der Waals surface area (Å²) in [7, 11) is 0. The highest BCUT2D eigenvalue weighted by atomic mass is 35.5. The molecule has 164 valence electrons. The van der Waals surface area contributed by atoms with Gasteiger partial charge in [-0.15, -0.1) is 12.4 Å². The fraction of sp³-hybridized carbons (Fsp3) is 0.474. The minimum Gasteiger partial charge on any atom is -0.346 e. The van der Waals surface area contributed by atoms with E-state index in [0.29, 0.717) is 5.56 Å². The lowest BCUT2D eigenvalue weighted by molar-refractivity contribution is -0.384. The van der Waals surface area contributed by atoms with Crippen molar-refractivity contribution in [1.82, 2.24) is 10.6 Å². The number of nitrogens with two attached hydrogens (primary N) is 1. The van der Waals surface area contributed by atoms with Crippen molar-refractivity contribution in [3.8, 4) is 0 Å². The molecule has 1 aromatic carbocycles. The van der Waals surface area contributed by atoms with Crippen molar-refractivity contribution < 1.29 is 24.1 Å². The zero-order chi connectivity index (χ0) is 21.9. The Morgan fingerprint density at radius 1 is 1.27 bits per heavy atom. The summed E-state index contributed by atoms with van der Waals surface area (Å²) in [4.78, 5) is 59.2. The van der Waals surface area contributed by atoms with E-state index in [4.69, 9.17) is 5.73 Å². The fourth-order valence-corrected chi connectivity index (χ4v) is 3.25. The Morgan fingerprint density at radius 2 is 1.90 bits per heavy atom. The molecular weight excluding hydrogens is 416 g/mol. The third-order valence-corrected chi connectivity index (χ3v) is 4.95. The molecule has 0 saturated carbocycles. The average Bonchev–Trinajstić information content (AvgIpc) is 2.90. The monoisotopic (exact) mass is 440 g/mol. The number of imide groups is 1. The maximum Gasteiger partial charge on any atom is 0.269 e. The topological polar surface area (TPSA) is 162 Å². The molecule has 0 radical (unpaired) electrons. The molecule has 1 heterocycles. The Hall–Kier alpha value is -2.85. The second kappa shape index (κ2) is 10.3. The first-order chi connectivity index (χ1) is 13.5. The number of carbonyl (C=O) groups excluding carboxylic acids is 4. The van der Waals surface area contributed by atoms with E-state index in [9.17, 15) is 29.3 Å². The number of carbonyl (C=O) groups is 4. The number of benzene rings is 1. The first kappa shape index (κ1) is 25.2. The Balaban J connectivity index is 0.00000450. The van der Waals surface area contributed by atoms with Gasteiger partial charge in [0, 0.05) is 24.6 Å². The number of nitro groups is 1. The summed E-state index contributed by atoms with van der Waals surface area (Å²) >= 11 is 0. The Kier molecular flexibility index (Phi) is 8.61. The summed E-state index contributed by atoms with van der Waals surface area (Å²) in [6, 6.07) is 3.88. The van der Waals surface area contributed by atoms with Crippen LogP contribution < -0.4 is 16.4 Å². The van der Waals surface area contributed by atoms with E-state index in [1.54, 1.807) is 19.9 Å². The molecule has 10 nitrogen and oxygen atoms in total. The second-order valence-corrected chi connectivity index (χ2v) is 7.47. The zero-order valence-corrected chi connectivity index (χ0v) is 17.6. The summed E-state index contributed by atoms with van der Waals surface area (Å²) in [5.41, 5.74) is 6.27. The Labute approximate surface area is 179 Å². The quantitative estimate of drug-likeness (QED) is 0.235. The number of ketones is 1. The van der Waals surface area contributed by atoms with E-state index >= 15 is 0 Å². The summed E-state index contributed by atoms with van der Waals surface area (Å²) in [5, 5.41) is 15.6. The van der Waals surface area contributed by atoms with Gasteiger partial charge in [-0.05, 0) is 11.5 Å². The number of nitrogens with one attached hydrogen (secondary N) is 2. The standard InChI is InChI=1S/C19H24N4O6.ClH/c1-9(2)16(17(25)15-10(3)18(26)22-19(15)27)21-14(24)8-13(20)11-5-4-6-12(7-11)23(28)29;/h4-7,9-10,13,15-16H,8,20H2,1-3H3,(H,21,24)(H,22,26,27);1H/t10-,13-,15+,16-;/m0./s1. The normalized spacial score (nSPS) is 20.2. The van der Waals surface area contributed by atoms with Gasteiger partial charge >= 0.3 is 0 Å². The van der Waals surface area contributed by atoms with Crippen LogP contribution in [0, 0.1) is 27.9 Å². The average molecular weight is 441 g/mol. The fourth-order valence-electron chi connectivity index (χ4n) is 3.25. The molecule has 2 rings (SSSR count). The molecule has 1 aromatic rings. The predicted octanol–water partition coefficient (Wildman–Crippen LogP) is 1.03. The van der Waals surface area contributed by atoms with Gasteiger partial charge in [-0.25, -0.2) is 0 Å². The molecule has 0 spiro atoms. The van der Waals surface area contributed by atoms with Crippen LogP contribution in [0.2, 0.25) is 0 Å². The molecule has 0 aliphatic carbocycles. The highest BCUT2D eigenvalue weighted by Gasteiger charge is 2.46. The Bertz CT molecular complexity index is 859. The smallest absolute Gasteiger partial charge is 0.269 e. The Morgan fingerprint density at radius 3 is 2.40 bits per heavy atom. The molecule has 11 heteroatoms. The van der Waals surface area contributed by atoms with Gasteiger partial charge in [0.1, 0.15) is 5.92 Å². The predicted molar refractivity (Wildman–Crippen MR) is 109 cm³/mol. The van der Waals surface area contributed by atoms with E-state index in [2.05, 4.69) is 10.6 Å². The lowest BCUT2D eigenvalue weighted by atomic mass is 9.85. The molecule has 1 aliphatic heterocycles. The molecule has 1 aliphatic rings. The van der Waals surface area contributed by atoms with E-state index in [-0.39, 0.29) is 30.4 Å². The number of amides is 3. The van der Waals surface area contributed by atoms with Gasteiger partial charge in [0.25, 0.3) is 5.69 Å². The highest BCUT2D eigenvalue weighted by molar-refractivity contribution is 6.16. The minimum atomic E-state index is -1.15. The SMILES string of the molecule is CC(C)[C@H](NC(=O)C[C@H](N)c1cccc([N+](=O)[O-])c1)C(=O)[C@@H]1C(=O)NC(=O)[C@H]1C.Cl. The van der Waals surface area contributed by atoms with Gasteiger partial charge in [0.2, 0.25) is 17.7 Å². The van der Waals surface area contributed by atoms with Gasteiger partial charge in [0.05, 0.1) is 16.9 Å². The number of Topliss-reactive ketones (excluding diaryl/α,β-unsaturated/α-hetero) is 1. The third kappa shape index (κ3) is 5.61. The van der Waals surface area contributed by atoms with E-state index in [1.165, 1.54) is 25.1 Å². The molecule has 4 N–H and O–H groups in total. The van der Waals surface area contributed by atoms with Crippen molar-refractivity contribution in [1.29, 1.82) is 0 Å². The van der Waals surface area contributed by atoms with Crippen molar-refractivity contribution >= 4 is 41.6 Å². The summed E-state index contributed by atoms with van der Waals surface area (Å²) in [6.45, 7) is 4.91. The maximum absolute atomic E-state index is 12.8. The van der Waals surface area contributed by atoms with Crippen LogP contribution in [0.4, 0.5) is 5.69 Å². The number of rotatable bonds is 8. The lowest BCUT2D eigenvalue weighted by Gasteiger charge is -2.25. The number of hydrogen-bond acceptors (Lipinski definition) is 7. The van der Waals surface area contributed by atoms with E-state index in [0.717, 1.165) is 0 Å². The van der Waals surface area contributed by atoms with Crippen molar-refractivity contribution in [3.05, 3.63) is 39.9 Å². The van der Waals surface area contributed by atoms with Crippen LogP contribution in [0.1, 0.15) is 38.8 Å². The summed E-state index contributed by atoms with van der Waals surface area (Å²) in [5.74, 6) is -4.53. The number of non-ortho nitro benzene ring substituents is 1. The molecular formula is C19H25ClN4O6. The lowest BCUT2D eigenvalue weighted by Crippen LogP contribution is -2.49. The molecule has 1 fully saturated rings. The summed E-state index contributed by atoms with van der Waals surface area (Å²) < 4.78 is 0. The number of nitro benzene ring substituents is 1. The van der Waals surface area contributed by atoms with E-state index < -0.39 is 52.3 Å². The van der Waals surface area contributed by atoms with Gasteiger partial charge in [-0.2, -0.15) is 0 Å². The first-order valence-corrected chi connectivity index (χ1v) is 9.20. The van der Waals surface area contributed by atoms with Crippen LogP contribution >= 0.6 is 12.4 Å². The first-order valence-electron chi connectivity index (χ1n) is 9.20. The van der Waals surface area contributed by atoms with Gasteiger partial charge in [-0.3, -0.25) is 34.6 Å². The third-order valence-electron chi connectivity index (χ3n) is 4.95. The van der Waals surface area contributed by atoms with Crippen LogP contribution in [0.25, 0.3) is 0 Å². The van der Waals surface area contributed by atoms with Gasteiger partial charge in [0.15, 0.2) is 5.78 Å². The molecule has 4 atom stereocenters. The molecule has 0 unspecified atom stereocenters. The summed E-state index contributed by atoms with van der Waals surface area (Å²) in [6.07, 6.45) is -0.205. The molecule has 3 amide bonds. The van der Waals surface area contributed by atoms with Crippen molar-refractivity contribution in [2.24, 2.45) is 23.5 Å². The van der Waals surface area contributed by atoms with Gasteiger partial charge < -0.3 is 11.1 Å². The number of hydrogen-bond donors (Lipinski definition) is 3. The van der Waals surface area contributed by atoms with Crippen LogP contribution in [0.5, 0.6) is 0 Å². The largest absolute Gasteiger partial charge is 0.346 e. The van der Waals surface area contributed by atoms with Crippen LogP contribution in [-0.4, -0.2) is 34.5 Å². The van der Waals surface area contributed by atoms with Crippen molar-refractivity contribution in [2.45, 2.75) is 39.3 Å². The van der Waals surface area contributed by atoms with Crippen molar-refractivity contribution in [3.63, 3.8) is 0 Å². The molecule has 0 bridgehead atoms. The molecule has 30 heavy (non-hydrogen) atoms. The van der Waals surface area contributed by atoms with Gasteiger partial charge in [-0.1, -0.05) is 32.9 Å². The molecule has 1 saturated heterocycles. The number of halogens is 1. The highest BCUT2D eigenvalue weighted by Crippen LogP contribution is 2.24. The maximum atomic E-state index is 12.8. The van der Waals surface area contributed by atoms with Crippen LogP contribution in [0.3, 0.4) is 0 Å². The minimum absolute atomic E-state index is 0. The van der Waals surface area contributed by atoms with Crippen molar-refractivity contribution in [2.75, 3.05) is 0 Å². The molecule has 0 aromatic heterocycles. The zero-order valence-electron chi connectivity index (χ0n) is 16.8. The number of nitrogens with zero attached hydrogens (tertiary/aromatic N) is 1. The van der Waals surface area contributed by atoms with Crippen LogP contribution in [0.15, 0.2) is 24.3 Å².